The molecule has 2 fully saturated rings. The monoisotopic (exact) mass is 515 g/mol. The minimum Gasteiger partial charge on any atom is -0.458 e. The first kappa shape index (κ1) is 26.3. The van der Waals surface area contributed by atoms with Crippen molar-refractivity contribution < 1.29 is 48.0 Å². The first-order chi connectivity index (χ1) is 17.7. The Bertz CT molecular complexity index is 1140. The second kappa shape index (κ2) is 11.1. The van der Waals surface area contributed by atoms with Crippen LogP contribution in [0.3, 0.4) is 0 Å². The largest absolute Gasteiger partial charge is 0.458 e. The highest BCUT2D eigenvalue weighted by molar-refractivity contribution is 5.90. The predicted molar refractivity (Wildman–Crippen MR) is 125 cm³/mol. The van der Waals surface area contributed by atoms with Gasteiger partial charge in [0.1, 0.15) is 12.7 Å². The van der Waals surface area contributed by atoms with Crippen molar-refractivity contribution in [2.75, 3.05) is 13.7 Å². The molecule has 2 heterocycles. The van der Waals surface area contributed by atoms with Gasteiger partial charge in [-0.2, -0.15) is 0 Å². The molecule has 2 bridgehead atoms. The lowest BCUT2D eigenvalue weighted by Crippen LogP contribution is -2.72. The third-order valence-electron chi connectivity index (χ3n) is 6.17. The molecule has 2 aromatic rings. The van der Waals surface area contributed by atoms with Gasteiger partial charge in [-0.3, -0.25) is 4.79 Å². The van der Waals surface area contributed by atoms with Gasteiger partial charge in [-0.15, -0.1) is 0 Å². The van der Waals surface area contributed by atoms with Gasteiger partial charge < -0.3 is 34.1 Å². The summed E-state index contributed by atoms with van der Waals surface area (Å²) in [4.78, 5) is 50.3. The van der Waals surface area contributed by atoms with E-state index in [0.717, 1.165) is 0 Å². The van der Waals surface area contributed by atoms with E-state index in [4.69, 9.17) is 23.7 Å². The molecular formula is C26H27NO10. The Labute approximate surface area is 212 Å². The van der Waals surface area contributed by atoms with E-state index in [9.17, 15) is 24.3 Å². The molecule has 0 aliphatic carbocycles. The molecule has 0 radical (unpaired) electrons. The number of cyclic esters (lactones) is 1. The Balaban J connectivity index is 1.64. The van der Waals surface area contributed by atoms with Gasteiger partial charge in [-0.1, -0.05) is 36.4 Å². The van der Waals surface area contributed by atoms with Crippen LogP contribution < -0.4 is 5.32 Å². The molecule has 6 atom stereocenters. The van der Waals surface area contributed by atoms with E-state index in [-0.39, 0.29) is 17.5 Å². The number of benzene rings is 2. The molecule has 37 heavy (non-hydrogen) atoms. The number of carbonyl (C=O) groups is 4. The Morgan fingerprint density at radius 2 is 1.65 bits per heavy atom. The quantitative estimate of drug-likeness (QED) is 0.296. The van der Waals surface area contributed by atoms with Crippen molar-refractivity contribution in [3.63, 3.8) is 0 Å². The summed E-state index contributed by atoms with van der Waals surface area (Å²) in [5.74, 6) is -4.80. The molecule has 0 saturated carbocycles. The lowest BCUT2D eigenvalue weighted by Gasteiger charge is -2.51. The number of aliphatic hydroxyl groups is 1. The van der Waals surface area contributed by atoms with Gasteiger partial charge >= 0.3 is 17.9 Å². The van der Waals surface area contributed by atoms with Crippen molar-refractivity contribution in [1.29, 1.82) is 0 Å². The maximum atomic E-state index is 12.9. The van der Waals surface area contributed by atoms with Crippen LogP contribution in [-0.4, -0.2) is 78.9 Å². The lowest BCUT2D eigenvalue weighted by molar-refractivity contribution is -0.337. The number of ether oxygens (including phenoxy) is 5. The fourth-order valence-electron chi connectivity index (χ4n) is 4.35. The zero-order chi connectivity index (χ0) is 26.6. The summed E-state index contributed by atoms with van der Waals surface area (Å²) in [6.45, 7) is 0.746. The molecule has 11 heteroatoms. The van der Waals surface area contributed by atoms with E-state index in [0.29, 0.717) is 0 Å². The Morgan fingerprint density at radius 1 is 1.05 bits per heavy atom. The lowest BCUT2D eigenvalue weighted by atomic mass is 9.93. The fourth-order valence-corrected chi connectivity index (χ4v) is 4.35. The maximum absolute atomic E-state index is 12.9. The molecule has 2 aliphatic rings. The molecule has 196 valence electrons. The minimum absolute atomic E-state index is 0.207. The van der Waals surface area contributed by atoms with Crippen LogP contribution in [0.5, 0.6) is 0 Å². The van der Waals surface area contributed by atoms with E-state index in [1.807, 2.05) is 0 Å². The van der Waals surface area contributed by atoms with Crippen LogP contribution >= 0.6 is 0 Å². The van der Waals surface area contributed by atoms with Crippen LogP contribution in [0.15, 0.2) is 60.7 Å². The summed E-state index contributed by atoms with van der Waals surface area (Å²) in [6, 6.07) is 15.2. The first-order valence-electron chi connectivity index (χ1n) is 11.6. The van der Waals surface area contributed by atoms with E-state index in [1.54, 1.807) is 48.5 Å². The predicted octanol–water partition coefficient (Wildman–Crippen LogP) is 0.992. The number of hydrogen-bond acceptors (Lipinski definition) is 10. The third kappa shape index (κ3) is 5.63. The molecule has 0 unspecified atom stereocenters. The number of nitrogens with one attached hydrogen (secondary N) is 1. The zero-order valence-electron chi connectivity index (χ0n) is 20.2. The Morgan fingerprint density at radius 3 is 2.22 bits per heavy atom. The molecule has 2 aromatic carbocycles. The number of aliphatic hydroxyl groups excluding tert-OH is 1. The van der Waals surface area contributed by atoms with Crippen molar-refractivity contribution in [2.24, 2.45) is 0 Å². The molecule has 11 nitrogen and oxygen atoms in total. The van der Waals surface area contributed by atoms with Crippen molar-refractivity contribution in [3.05, 3.63) is 71.8 Å². The fraction of sp³-hybridized carbons (Fsp3) is 0.385. The first-order valence-corrected chi connectivity index (χ1v) is 11.6. The highest BCUT2D eigenvalue weighted by atomic mass is 16.9. The third-order valence-corrected chi connectivity index (χ3v) is 6.17. The summed E-state index contributed by atoms with van der Waals surface area (Å²) in [6.07, 6.45) is -5.47. The number of rotatable bonds is 8. The maximum Gasteiger partial charge on any atom is 0.367 e. The van der Waals surface area contributed by atoms with E-state index in [1.165, 1.54) is 26.2 Å². The summed E-state index contributed by atoms with van der Waals surface area (Å²) < 4.78 is 27.9. The van der Waals surface area contributed by atoms with Crippen molar-refractivity contribution in [2.45, 2.75) is 49.6 Å². The topological polar surface area (TPSA) is 147 Å². The minimum atomic E-state index is -1.91. The number of amides is 1. The highest BCUT2D eigenvalue weighted by Crippen LogP contribution is 2.39. The second-order valence-electron chi connectivity index (χ2n) is 8.68. The highest BCUT2D eigenvalue weighted by Gasteiger charge is 2.62. The molecular weight excluding hydrogens is 488 g/mol. The van der Waals surface area contributed by atoms with Gasteiger partial charge in [0.2, 0.25) is 5.91 Å². The van der Waals surface area contributed by atoms with E-state index in [2.05, 4.69) is 5.32 Å². The average molecular weight is 515 g/mol. The van der Waals surface area contributed by atoms with E-state index < -0.39 is 66.7 Å². The Hall–Kier alpha value is -3.80. The van der Waals surface area contributed by atoms with Gasteiger partial charge in [-0.25, -0.2) is 14.4 Å². The Kier molecular flexibility index (Phi) is 7.86. The molecule has 0 aromatic heterocycles. The van der Waals surface area contributed by atoms with Gasteiger partial charge in [0.15, 0.2) is 12.2 Å². The number of carbonyl (C=O) groups excluding carboxylic acids is 4. The molecule has 2 saturated heterocycles. The SMILES string of the molecule is CO[13C@@]12C[C@H](O)[C@@H](NC(C)=O)[C@@H](O1)[C@@H]([C@@H](COC(=O)c1ccccc1)OC(=O)c1ccccc1)O[13C]2=O. The molecule has 0 spiro atoms. The molecule has 2 N–H and O–H groups in total. The number of fused-ring (bicyclic) bond motifs is 2. The van der Waals surface area contributed by atoms with Gasteiger partial charge in [-0.05, 0) is 24.3 Å². The van der Waals surface area contributed by atoms with Crippen LogP contribution in [0.4, 0.5) is 0 Å². The molecule has 2 aliphatic heterocycles. The van der Waals surface area contributed by atoms with Crippen molar-refractivity contribution in [1.82, 2.24) is 5.32 Å². The van der Waals surface area contributed by atoms with Crippen LogP contribution in [0.1, 0.15) is 34.1 Å². The van der Waals surface area contributed by atoms with Crippen LogP contribution in [0.25, 0.3) is 0 Å². The summed E-state index contributed by atoms with van der Waals surface area (Å²) in [5, 5.41) is 13.4. The van der Waals surface area contributed by atoms with Crippen molar-refractivity contribution >= 4 is 23.8 Å². The molecule has 4 rings (SSSR count). The summed E-state index contributed by atoms with van der Waals surface area (Å²) in [5.41, 5.74) is 0.466. The van der Waals surface area contributed by atoms with Crippen molar-refractivity contribution in [3.8, 4) is 0 Å². The smallest absolute Gasteiger partial charge is 0.367 e. The van der Waals surface area contributed by atoms with E-state index >= 15 is 0 Å². The average Bonchev–Trinajstić information content (AvgIpc) is 2.91. The van der Waals surface area contributed by atoms with Crippen LogP contribution in [-0.2, 0) is 33.3 Å². The zero-order valence-corrected chi connectivity index (χ0v) is 20.2. The van der Waals surface area contributed by atoms with Crippen LogP contribution in [0, 0.1) is 0 Å². The summed E-state index contributed by atoms with van der Waals surface area (Å²) >= 11 is 0. The van der Waals surface area contributed by atoms with Gasteiger partial charge in [0.05, 0.1) is 23.3 Å². The normalized spacial score (nSPS) is 27.4. The molecule has 1 amide bonds. The summed E-state index contributed by atoms with van der Waals surface area (Å²) in [7, 11) is 1.22. The standard InChI is InChI=1S/C26H27NO10/c1-15(28)27-20-18(29)13-26(33-2)25(32)36-21(22(20)37-26)19(35-24(31)17-11-7-4-8-12-17)14-34-23(30)16-9-5-3-6-10-16/h3-12,18-22,29H,13-14H2,1-2H3,(H,27,28)/t18-,19+,20+,21+,22+,26-/m0/s1/i25+1,26+1. The van der Waals surface area contributed by atoms with Gasteiger partial charge in [0.25, 0.3) is 5.79 Å². The number of hydrogen-bond donors (Lipinski definition) is 2. The van der Waals surface area contributed by atoms with Crippen LogP contribution in [0.2, 0.25) is 0 Å². The van der Waals surface area contributed by atoms with Gasteiger partial charge in [0, 0.05) is 20.5 Å². The number of esters is 3. The second-order valence-corrected chi connectivity index (χ2v) is 8.68. The number of methoxy groups -OCH3 is 1.